The summed E-state index contributed by atoms with van der Waals surface area (Å²) < 4.78 is 64.8. The third-order valence-corrected chi connectivity index (χ3v) is 2.81. The summed E-state index contributed by atoms with van der Waals surface area (Å²) in [5.74, 6) is -3.37. The number of benzene rings is 2. The number of hydrogen-bond acceptors (Lipinski definition) is 2. The van der Waals surface area contributed by atoms with E-state index in [4.69, 9.17) is 5.73 Å². The summed E-state index contributed by atoms with van der Waals surface area (Å²) >= 11 is 0. The standard InChI is InChI=1S/C14H9F5N2O/c15-9-4-5-10(20)11(16)12(9)21-13(22)7-2-1-3-8(6-7)14(17,18)19/h1-6H,20H2,(H,21,22). The van der Waals surface area contributed by atoms with Crippen LogP contribution in [0.5, 0.6) is 0 Å². The molecule has 0 spiro atoms. The summed E-state index contributed by atoms with van der Waals surface area (Å²) in [4.78, 5) is 11.9. The highest BCUT2D eigenvalue weighted by molar-refractivity contribution is 6.04. The van der Waals surface area contributed by atoms with Crippen molar-refractivity contribution in [2.45, 2.75) is 6.18 Å². The van der Waals surface area contributed by atoms with Crippen LogP contribution in [0.3, 0.4) is 0 Å². The predicted molar refractivity (Wildman–Crippen MR) is 70.2 cm³/mol. The SMILES string of the molecule is Nc1ccc(F)c(NC(=O)c2cccc(C(F)(F)F)c2)c1F. The number of nitrogens with two attached hydrogens (primary N) is 1. The van der Waals surface area contributed by atoms with Gasteiger partial charge in [-0.15, -0.1) is 0 Å². The number of alkyl halides is 3. The zero-order valence-corrected chi connectivity index (χ0v) is 10.8. The van der Waals surface area contributed by atoms with Gasteiger partial charge in [0.15, 0.2) is 5.82 Å². The number of nitrogen functional groups attached to an aromatic ring is 1. The third kappa shape index (κ3) is 3.16. The molecule has 8 heteroatoms. The Morgan fingerprint density at radius 2 is 1.77 bits per heavy atom. The van der Waals surface area contributed by atoms with Gasteiger partial charge in [0, 0.05) is 5.56 Å². The first kappa shape index (κ1) is 15.7. The molecule has 0 fully saturated rings. The number of carbonyl (C=O) groups is 1. The van der Waals surface area contributed by atoms with Crippen molar-refractivity contribution in [3.05, 3.63) is 59.2 Å². The molecule has 2 rings (SSSR count). The molecule has 2 aromatic rings. The molecule has 0 aliphatic rings. The van der Waals surface area contributed by atoms with E-state index < -0.39 is 46.2 Å². The van der Waals surface area contributed by atoms with E-state index in [1.165, 1.54) is 0 Å². The highest BCUT2D eigenvalue weighted by atomic mass is 19.4. The van der Waals surface area contributed by atoms with E-state index >= 15 is 0 Å². The Balaban J connectivity index is 2.33. The van der Waals surface area contributed by atoms with Crippen LogP contribution in [0.1, 0.15) is 15.9 Å². The van der Waals surface area contributed by atoms with Crippen molar-refractivity contribution in [1.29, 1.82) is 0 Å². The average molecular weight is 316 g/mol. The van der Waals surface area contributed by atoms with Crippen molar-refractivity contribution < 1.29 is 26.7 Å². The Bertz CT molecular complexity index is 728. The van der Waals surface area contributed by atoms with Crippen LogP contribution in [0.25, 0.3) is 0 Å². The van der Waals surface area contributed by atoms with E-state index in [0.29, 0.717) is 6.07 Å². The molecule has 116 valence electrons. The Hall–Kier alpha value is -2.64. The number of anilines is 2. The molecule has 0 atom stereocenters. The molecule has 3 N–H and O–H groups in total. The number of amides is 1. The van der Waals surface area contributed by atoms with Crippen molar-refractivity contribution in [3.8, 4) is 0 Å². The van der Waals surface area contributed by atoms with E-state index in [-0.39, 0.29) is 0 Å². The molecule has 0 aromatic heterocycles. The van der Waals surface area contributed by atoms with Crippen LogP contribution in [0.4, 0.5) is 33.3 Å². The number of carbonyl (C=O) groups excluding carboxylic acids is 1. The highest BCUT2D eigenvalue weighted by Crippen LogP contribution is 2.30. The molecule has 0 bridgehead atoms. The fraction of sp³-hybridized carbons (Fsp3) is 0.0714. The normalized spacial score (nSPS) is 11.3. The molecular formula is C14H9F5N2O. The summed E-state index contributed by atoms with van der Waals surface area (Å²) in [7, 11) is 0. The minimum atomic E-state index is -4.63. The molecule has 22 heavy (non-hydrogen) atoms. The minimum Gasteiger partial charge on any atom is -0.396 e. The largest absolute Gasteiger partial charge is 0.416 e. The van der Waals surface area contributed by atoms with Gasteiger partial charge in [-0.05, 0) is 30.3 Å². The first-order valence-electron chi connectivity index (χ1n) is 5.92. The maximum absolute atomic E-state index is 13.6. The molecular weight excluding hydrogens is 307 g/mol. The van der Waals surface area contributed by atoms with Crippen LogP contribution < -0.4 is 11.1 Å². The van der Waals surface area contributed by atoms with Crippen LogP contribution in [-0.4, -0.2) is 5.91 Å². The number of halogens is 5. The van der Waals surface area contributed by atoms with Crippen LogP contribution in [0, 0.1) is 11.6 Å². The Labute approximate surface area is 121 Å². The first-order chi connectivity index (χ1) is 10.2. The topological polar surface area (TPSA) is 55.1 Å². The van der Waals surface area contributed by atoms with E-state index in [1.807, 2.05) is 5.32 Å². The van der Waals surface area contributed by atoms with Gasteiger partial charge >= 0.3 is 6.18 Å². The van der Waals surface area contributed by atoms with Crippen molar-refractivity contribution >= 4 is 17.3 Å². The monoisotopic (exact) mass is 316 g/mol. The van der Waals surface area contributed by atoms with Crippen molar-refractivity contribution in [1.82, 2.24) is 0 Å². The van der Waals surface area contributed by atoms with E-state index in [0.717, 1.165) is 30.3 Å². The number of rotatable bonds is 2. The molecule has 0 saturated heterocycles. The van der Waals surface area contributed by atoms with Gasteiger partial charge in [-0.3, -0.25) is 4.79 Å². The molecule has 3 nitrogen and oxygen atoms in total. The van der Waals surface area contributed by atoms with Crippen molar-refractivity contribution in [2.75, 3.05) is 11.1 Å². The maximum atomic E-state index is 13.6. The van der Waals surface area contributed by atoms with Gasteiger partial charge < -0.3 is 11.1 Å². The lowest BCUT2D eigenvalue weighted by molar-refractivity contribution is -0.137. The van der Waals surface area contributed by atoms with Gasteiger partial charge in [0.05, 0.1) is 11.3 Å². The van der Waals surface area contributed by atoms with Crippen molar-refractivity contribution in [2.24, 2.45) is 0 Å². The second-order valence-corrected chi connectivity index (χ2v) is 4.36. The van der Waals surface area contributed by atoms with Gasteiger partial charge in [0.2, 0.25) is 0 Å². The molecule has 0 aliphatic carbocycles. The van der Waals surface area contributed by atoms with Gasteiger partial charge in [-0.1, -0.05) is 6.07 Å². The molecule has 0 aliphatic heterocycles. The third-order valence-electron chi connectivity index (χ3n) is 2.81. The first-order valence-corrected chi connectivity index (χ1v) is 5.92. The maximum Gasteiger partial charge on any atom is 0.416 e. The molecule has 2 aromatic carbocycles. The van der Waals surface area contributed by atoms with Gasteiger partial charge in [0.25, 0.3) is 5.91 Å². The van der Waals surface area contributed by atoms with E-state index in [2.05, 4.69) is 0 Å². The van der Waals surface area contributed by atoms with E-state index in [1.54, 1.807) is 0 Å². The minimum absolute atomic E-state index is 0.393. The smallest absolute Gasteiger partial charge is 0.396 e. The zero-order chi connectivity index (χ0) is 16.5. The van der Waals surface area contributed by atoms with Crippen molar-refractivity contribution in [3.63, 3.8) is 0 Å². The summed E-state index contributed by atoms with van der Waals surface area (Å²) in [5, 5.41) is 1.88. The summed E-state index contributed by atoms with van der Waals surface area (Å²) in [6.45, 7) is 0. The van der Waals surface area contributed by atoms with Crippen LogP contribution >= 0.6 is 0 Å². The molecule has 0 heterocycles. The summed E-state index contributed by atoms with van der Waals surface area (Å²) in [5.41, 5.74) is 2.58. The summed E-state index contributed by atoms with van der Waals surface area (Å²) in [6, 6.07) is 5.26. The quantitative estimate of drug-likeness (QED) is 0.654. The zero-order valence-electron chi connectivity index (χ0n) is 10.8. The molecule has 0 saturated carbocycles. The lowest BCUT2D eigenvalue weighted by Crippen LogP contribution is -2.16. The van der Waals surface area contributed by atoms with Gasteiger partial charge in [-0.25, -0.2) is 8.78 Å². The van der Waals surface area contributed by atoms with E-state index in [9.17, 15) is 26.7 Å². The lowest BCUT2D eigenvalue weighted by atomic mass is 10.1. The van der Waals surface area contributed by atoms with Crippen LogP contribution in [0.2, 0.25) is 0 Å². The lowest BCUT2D eigenvalue weighted by Gasteiger charge is -2.11. The Kier molecular flexibility index (Phi) is 4.03. The Morgan fingerprint density at radius 1 is 1.09 bits per heavy atom. The van der Waals surface area contributed by atoms with Gasteiger partial charge in [0.1, 0.15) is 11.5 Å². The van der Waals surface area contributed by atoms with Gasteiger partial charge in [-0.2, -0.15) is 13.2 Å². The van der Waals surface area contributed by atoms with Crippen LogP contribution in [-0.2, 0) is 6.18 Å². The average Bonchev–Trinajstić information content (AvgIpc) is 2.46. The Morgan fingerprint density at radius 3 is 2.41 bits per heavy atom. The molecule has 1 amide bonds. The molecule has 0 radical (unpaired) electrons. The number of hydrogen-bond donors (Lipinski definition) is 2. The second-order valence-electron chi connectivity index (χ2n) is 4.36. The fourth-order valence-corrected chi connectivity index (χ4v) is 1.71. The predicted octanol–water partition coefficient (Wildman–Crippen LogP) is 3.82. The molecule has 0 unspecified atom stereocenters. The summed E-state index contributed by atoms with van der Waals surface area (Å²) in [6.07, 6.45) is -4.63. The van der Waals surface area contributed by atoms with Crippen LogP contribution in [0.15, 0.2) is 36.4 Å². The second kappa shape index (κ2) is 5.63. The highest BCUT2D eigenvalue weighted by Gasteiger charge is 2.31. The number of nitrogens with one attached hydrogen (secondary N) is 1. The fourth-order valence-electron chi connectivity index (χ4n) is 1.71.